The van der Waals surface area contributed by atoms with Gasteiger partial charge in [-0.05, 0) is 0 Å². The molecule has 0 aromatic heterocycles. The van der Waals surface area contributed by atoms with Crippen molar-refractivity contribution in [3.63, 3.8) is 0 Å². The zero-order chi connectivity index (χ0) is 22.0. The maximum absolute atomic E-state index is 11.8. The van der Waals surface area contributed by atoms with Crippen LogP contribution in [0.2, 0.25) is 0 Å². The van der Waals surface area contributed by atoms with Crippen LogP contribution in [0.4, 0.5) is 0 Å². The van der Waals surface area contributed by atoms with Crippen LogP contribution in [-0.2, 0) is 57.9 Å². The minimum Gasteiger partial charge on any atom is -0.777 e. The van der Waals surface area contributed by atoms with Gasteiger partial charge in [-0.3, -0.25) is 0 Å². The second-order valence-electron chi connectivity index (χ2n) is 4.16. The molecular weight excluding hydrogens is 625 g/mol. The fourth-order valence-corrected chi connectivity index (χ4v) is 12.5. The SMILES string of the molecule is O=S(=O)(Cl)c1c([S-])c(S(=O)(=O)Cl)c(S(=O)(=O)Cl)c(S(=O)(=O)Cl)c1S(=O)(=O)Cl.[Na+]. The predicted molar refractivity (Wildman–Crippen MR) is 97.3 cm³/mol. The van der Waals surface area contributed by atoms with Crippen LogP contribution < -0.4 is 29.6 Å². The number of hydrogen-bond donors (Lipinski definition) is 0. The molecule has 10 nitrogen and oxygen atoms in total. The van der Waals surface area contributed by atoms with Crippen LogP contribution in [0.25, 0.3) is 0 Å². The largest absolute Gasteiger partial charge is 1.00 e. The number of hydrogen-bond acceptors (Lipinski definition) is 11. The van der Waals surface area contributed by atoms with E-state index in [1.807, 2.05) is 0 Å². The molecule has 0 fully saturated rings. The van der Waals surface area contributed by atoms with Crippen molar-refractivity contribution >= 4 is 111 Å². The molecule has 1 rings (SSSR count). The van der Waals surface area contributed by atoms with Crippen molar-refractivity contribution in [2.45, 2.75) is 29.4 Å². The van der Waals surface area contributed by atoms with E-state index in [2.05, 4.69) is 12.6 Å². The van der Waals surface area contributed by atoms with Gasteiger partial charge in [0.05, 0.1) is 9.79 Å². The molecule has 1 aromatic carbocycles. The molecule has 0 aliphatic rings. The van der Waals surface area contributed by atoms with Crippen LogP contribution in [0.3, 0.4) is 0 Å². The molecule has 0 aliphatic carbocycles. The van der Waals surface area contributed by atoms with Gasteiger partial charge in [0.1, 0.15) is 14.7 Å². The van der Waals surface area contributed by atoms with Gasteiger partial charge < -0.3 is 12.6 Å². The molecule has 22 heteroatoms. The minimum atomic E-state index is -5.56. The van der Waals surface area contributed by atoms with Crippen molar-refractivity contribution in [1.82, 2.24) is 0 Å². The summed E-state index contributed by atoms with van der Waals surface area (Å²) in [6.07, 6.45) is 0. The second kappa shape index (κ2) is 8.88. The van der Waals surface area contributed by atoms with E-state index >= 15 is 0 Å². The number of rotatable bonds is 5. The third-order valence-corrected chi connectivity index (χ3v) is 10.4. The Morgan fingerprint density at radius 2 is 0.571 bits per heavy atom. The Morgan fingerprint density at radius 1 is 0.429 bits per heavy atom. The van der Waals surface area contributed by atoms with E-state index in [-0.39, 0.29) is 29.6 Å². The molecule has 0 aliphatic heterocycles. The molecule has 156 valence electrons. The van der Waals surface area contributed by atoms with Crippen LogP contribution in [0.5, 0.6) is 0 Å². The summed E-state index contributed by atoms with van der Waals surface area (Å²) in [5, 5.41) is 0. The van der Waals surface area contributed by atoms with Crippen molar-refractivity contribution in [2.75, 3.05) is 0 Å². The molecular formula is C6Cl5NaO10S6. The third-order valence-electron chi connectivity index (χ3n) is 2.46. The summed E-state index contributed by atoms with van der Waals surface area (Å²) in [6, 6.07) is 0. The number of benzene rings is 1. The van der Waals surface area contributed by atoms with Gasteiger partial charge in [0.2, 0.25) is 0 Å². The average molecular weight is 625 g/mol. The fraction of sp³-hybridized carbons (Fsp3) is 0. The van der Waals surface area contributed by atoms with Gasteiger partial charge in [-0.15, -0.1) is 4.90 Å². The predicted octanol–water partition coefficient (Wildman–Crippen LogP) is -1.77. The van der Waals surface area contributed by atoms with Crippen LogP contribution in [0.15, 0.2) is 29.4 Å². The first-order chi connectivity index (χ1) is 11.5. The zero-order valence-corrected chi connectivity index (χ0v) is 23.1. The molecule has 0 radical (unpaired) electrons. The van der Waals surface area contributed by atoms with Crippen LogP contribution in [-0.4, -0.2) is 42.1 Å². The Balaban J connectivity index is 0.00000729. The summed E-state index contributed by atoms with van der Waals surface area (Å²) in [7, 11) is -2.22. The Bertz CT molecular complexity index is 1290. The van der Waals surface area contributed by atoms with Crippen molar-refractivity contribution in [3.05, 3.63) is 0 Å². The molecule has 0 unspecified atom stereocenters. The summed E-state index contributed by atoms with van der Waals surface area (Å²) >= 11 is 4.47. The summed E-state index contributed by atoms with van der Waals surface area (Å²) in [5.74, 6) is 0. The van der Waals surface area contributed by atoms with E-state index in [1.54, 1.807) is 0 Å². The first-order valence-electron chi connectivity index (χ1n) is 5.16. The normalized spacial score (nSPS) is 13.8. The summed E-state index contributed by atoms with van der Waals surface area (Å²) in [6.45, 7) is 0. The van der Waals surface area contributed by atoms with E-state index in [1.165, 1.54) is 0 Å². The third kappa shape index (κ3) is 6.34. The van der Waals surface area contributed by atoms with Gasteiger partial charge in [0, 0.05) is 53.4 Å². The molecule has 28 heavy (non-hydrogen) atoms. The summed E-state index contributed by atoms with van der Waals surface area (Å²) < 4.78 is 118. The van der Waals surface area contributed by atoms with Gasteiger partial charge in [-0.25, -0.2) is 42.1 Å². The number of halogens is 5. The van der Waals surface area contributed by atoms with E-state index in [0.29, 0.717) is 0 Å². The second-order valence-corrected chi connectivity index (χ2v) is 17.1. The van der Waals surface area contributed by atoms with Crippen LogP contribution in [0.1, 0.15) is 0 Å². The Kier molecular flexibility index (Phi) is 9.40. The average Bonchev–Trinajstić information content (AvgIpc) is 2.29. The minimum absolute atomic E-state index is 0. The van der Waals surface area contributed by atoms with Gasteiger partial charge in [0.15, 0.2) is 0 Å². The topological polar surface area (TPSA) is 171 Å². The van der Waals surface area contributed by atoms with Crippen molar-refractivity contribution in [1.29, 1.82) is 0 Å². The Morgan fingerprint density at radius 3 is 0.714 bits per heavy atom. The first-order valence-corrected chi connectivity index (χ1v) is 17.1. The van der Waals surface area contributed by atoms with E-state index in [4.69, 9.17) is 53.4 Å². The van der Waals surface area contributed by atoms with E-state index < -0.39 is 74.6 Å². The molecule has 0 atom stereocenters. The molecule has 0 bridgehead atoms. The van der Waals surface area contributed by atoms with Gasteiger partial charge >= 0.3 is 29.6 Å². The Labute approximate surface area is 209 Å². The molecule has 0 heterocycles. The van der Waals surface area contributed by atoms with Gasteiger partial charge in [-0.2, -0.15) is 0 Å². The maximum Gasteiger partial charge on any atom is 1.00 e. The van der Waals surface area contributed by atoms with E-state index in [0.717, 1.165) is 0 Å². The first kappa shape index (κ1) is 29.6. The molecule has 0 amide bonds. The van der Waals surface area contributed by atoms with Crippen LogP contribution >= 0.6 is 53.4 Å². The fourth-order valence-electron chi connectivity index (χ4n) is 1.73. The smallest absolute Gasteiger partial charge is 0.777 e. The standard InChI is InChI=1S/C6HCl5O10S6.Na/c7-23(12,13)2-1(22)3(24(8,14)15)5(26(10,18)19)6(27(11,20)21)4(2)25(9,16)17;/h22H;/q;+1/p-1. The van der Waals surface area contributed by atoms with Crippen molar-refractivity contribution in [2.24, 2.45) is 0 Å². The molecule has 1 aromatic rings. The molecule has 0 spiro atoms. The van der Waals surface area contributed by atoms with Crippen LogP contribution in [0, 0.1) is 0 Å². The monoisotopic (exact) mass is 622 g/mol. The van der Waals surface area contributed by atoms with Gasteiger partial charge in [-0.1, -0.05) is 0 Å². The molecule has 0 saturated carbocycles. The molecule has 0 saturated heterocycles. The van der Waals surface area contributed by atoms with E-state index in [9.17, 15) is 42.1 Å². The maximum atomic E-state index is 11.8. The summed E-state index contributed by atoms with van der Waals surface area (Å²) in [4.78, 5) is -11.4. The van der Waals surface area contributed by atoms with Crippen molar-refractivity contribution in [3.8, 4) is 0 Å². The van der Waals surface area contributed by atoms with Gasteiger partial charge in [0.25, 0.3) is 45.3 Å². The molecule has 0 N–H and O–H groups in total. The summed E-state index contributed by atoms with van der Waals surface area (Å²) in [5.41, 5.74) is 0. The van der Waals surface area contributed by atoms with Crippen molar-refractivity contribution < 1.29 is 71.6 Å². The quantitative estimate of drug-likeness (QED) is 0.206. The zero-order valence-electron chi connectivity index (χ0n) is 12.4. The Hall–Kier alpha value is 1.64.